The van der Waals surface area contributed by atoms with Crippen LogP contribution in [0.15, 0.2) is 30.3 Å². The van der Waals surface area contributed by atoms with Gasteiger partial charge in [-0.05, 0) is 5.56 Å². The molecule has 0 bridgehead atoms. The average molecular weight is 197 g/mol. The zero-order chi connectivity index (χ0) is 8.44. The topological polar surface area (TPSA) is 12.0 Å². The highest BCUT2D eigenvalue weighted by Gasteiger charge is 2.31. The number of hydrogen-bond acceptors (Lipinski definition) is 3. The van der Waals surface area contributed by atoms with Crippen LogP contribution >= 0.6 is 24.4 Å². The van der Waals surface area contributed by atoms with Gasteiger partial charge in [-0.3, -0.25) is 5.32 Å². The third-order valence-corrected chi connectivity index (χ3v) is 3.95. The average Bonchev–Trinajstić information content (AvgIpc) is 2.55. The minimum Gasteiger partial charge on any atom is -0.290 e. The molecule has 1 atom stereocenters. The molecule has 64 valence electrons. The lowest BCUT2D eigenvalue weighted by atomic mass is 10.2. The molecule has 1 aliphatic heterocycles. The first-order valence-corrected chi connectivity index (χ1v) is 5.41. The molecule has 0 amide bonds. The van der Waals surface area contributed by atoms with Crippen LogP contribution < -0.4 is 5.32 Å². The van der Waals surface area contributed by atoms with Crippen molar-refractivity contribution in [3.63, 3.8) is 0 Å². The second-order valence-electron chi connectivity index (χ2n) is 2.79. The Morgan fingerprint density at radius 3 is 2.67 bits per heavy atom. The molecule has 0 spiro atoms. The van der Waals surface area contributed by atoms with E-state index in [-0.39, 0.29) is 4.20 Å². The normalized spacial score (nSPS) is 29.1. The maximum Gasteiger partial charge on any atom is 0.135 e. The molecule has 1 aromatic rings. The van der Waals surface area contributed by atoms with E-state index in [1.54, 1.807) is 0 Å². The summed E-state index contributed by atoms with van der Waals surface area (Å²) in [6, 6.07) is 10.3. The molecule has 1 aliphatic rings. The first kappa shape index (κ1) is 8.48. The van der Waals surface area contributed by atoms with Gasteiger partial charge in [-0.1, -0.05) is 30.3 Å². The molecule has 1 nitrogen and oxygen atoms in total. The Morgan fingerprint density at radius 2 is 2.08 bits per heavy atom. The Kier molecular flexibility index (Phi) is 2.35. The summed E-state index contributed by atoms with van der Waals surface area (Å²) >= 11 is 6.47. The lowest BCUT2D eigenvalue weighted by Crippen LogP contribution is -2.28. The maximum atomic E-state index is 4.62. The SMILES string of the molecule is SC1(c2ccccc2)NCCS1. The van der Waals surface area contributed by atoms with E-state index in [0.29, 0.717) is 0 Å². The zero-order valence-electron chi connectivity index (χ0n) is 6.66. The van der Waals surface area contributed by atoms with E-state index in [0.717, 1.165) is 12.3 Å². The summed E-state index contributed by atoms with van der Waals surface area (Å²) in [6.07, 6.45) is 0. The van der Waals surface area contributed by atoms with Gasteiger partial charge in [0.1, 0.15) is 4.20 Å². The van der Waals surface area contributed by atoms with Gasteiger partial charge in [-0.2, -0.15) is 0 Å². The van der Waals surface area contributed by atoms with Crippen molar-refractivity contribution in [2.24, 2.45) is 0 Å². The molecule has 1 saturated heterocycles. The predicted molar refractivity (Wildman–Crippen MR) is 57.6 cm³/mol. The molecule has 1 heterocycles. The van der Waals surface area contributed by atoms with Crippen molar-refractivity contribution < 1.29 is 0 Å². The molecule has 0 saturated carbocycles. The Labute approximate surface area is 82.3 Å². The number of rotatable bonds is 1. The maximum absolute atomic E-state index is 4.62. The van der Waals surface area contributed by atoms with Gasteiger partial charge in [0.15, 0.2) is 0 Å². The van der Waals surface area contributed by atoms with Crippen LogP contribution in [-0.2, 0) is 4.20 Å². The van der Waals surface area contributed by atoms with Crippen molar-refractivity contribution in [2.75, 3.05) is 12.3 Å². The fourth-order valence-corrected chi connectivity index (χ4v) is 2.86. The molecule has 2 rings (SSSR count). The Hall–Kier alpha value is -0.120. The van der Waals surface area contributed by atoms with E-state index in [2.05, 4.69) is 30.1 Å². The number of benzene rings is 1. The second kappa shape index (κ2) is 3.32. The molecule has 1 aromatic carbocycles. The van der Waals surface area contributed by atoms with Crippen LogP contribution in [0.3, 0.4) is 0 Å². The Morgan fingerprint density at radius 1 is 1.33 bits per heavy atom. The van der Waals surface area contributed by atoms with Crippen LogP contribution in [0.1, 0.15) is 5.56 Å². The molecule has 1 unspecified atom stereocenters. The summed E-state index contributed by atoms with van der Waals surface area (Å²) in [6.45, 7) is 1.04. The van der Waals surface area contributed by atoms with Crippen LogP contribution in [0, 0.1) is 0 Å². The van der Waals surface area contributed by atoms with Crippen molar-refractivity contribution >= 4 is 24.4 Å². The van der Waals surface area contributed by atoms with Crippen molar-refractivity contribution in [1.82, 2.24) is 5.32 Å². The lowest BCUT2D eigenvalue weighted by Gasteiger charge is -2.22. The molecule has 0 aromatic heterocycles. The second-order valence-corrected chi connectivity index (χ2v) is 5.07. The van der Waals surface area contributed by atoms with Crippen molar-refractivity contribution in [3.05, 3.63) is 35.9 Å². The fraction of sp³-hybridized carbons (Fsp3) is 0.333. The highest BCUT2D eigenvalue weighted by Crippen LogP contribution is 2.40. The Balaban J connectivity index is 2.29. The van der Waals surface area contributed by atoms with E-state index in [1.165, 1.54) is 5.56 Å². The van der Waals surface area contributed by atoms with Gasteiger partial charge >= 0.3 is 0 Å². The molecular formula is C9H11NS2. The number of thioether (sulfide) groups is 1. The lowest BCUT2D eigenvalue weighted by molar-refractivity contribution is 0.708. The standard InChI is InChI=1S/C9H11NS2/c11-9(10-6-7-12-9)8-4-2-1-3-5-8/h1-5,10-11H,6-7H2. The van der Waals surface area contributed by atoms with Crippen molar-refractivity contribution in [3.8, 4) is 0 Å². The largest absolute Gasteiger partial charge is 0.290 e. The first-order chi connectivity index (χ1) is 5.81. The monoisotopic (exact) mass is 197 g/mol. The molecule has 1 N–H and O–H groups in total. The molecule has 3 heteroatoms. The van der Waals surface area contributed by atoms with Crippen LogP contribution in [0.4, 0.5) is 0 Å². The smallest absolute Gasteiger partial charge is 0.135 e. The Bertz CT molecular complexity index is 254. The summed E-state index contributed by atoms with van der Waals surface area (Å²) in [5, 5.41) is 3.38. The van der Waals surface area contributed by atoms with Crippen LogP contribution in [-0.4, -0.2) is 12.3 Å². The van der Waals surface area contributed by atoms with Gasteiger partial charge in [-0.25, -0.2) is 0 Å². The van der Waals surface area contributed by atoms with E-state index < -0.39 is 0 Å². The summed E-state index contributed by atoms with van der Waals surface area (Å²) < 4.78 is -0.152. The van der Waals surface area contributed by atoms with Gasteiger partial charge in [0.05, 0.1) is 0 Å². The van der Waals surface area contributed by atoms with Crippen molar-refractivity contribution in [1.29, 1.82) is 0 Å². The van der Waals surface area contributed by atoms with E-state index in [1.807, 2.05) is 30.0 Å². The van der Waals surface area contributed by atoms with Crippen molar-refractivity contribution in [2.45, 2.75) is 4.20 Å². The molecule has 0 aliphatic carbocycles. The third-order valence-electron chi connectivity index (χ3n) is 1.94. The number of hydrogen-bond donors (Lipinski definition) is 2. The van der Waals surface area contributed by atoms with E-state index >= 15 is 0 Å². The highest BCUT2D eigenvalue weighted by molar-refractivity contribution is 8.11. The van der Waals surface area contributed by atoms with Crippen LogP contribution in [0.5, 0.6) is 0 Å². The third kappa shape index (κ3) is 1.49. The summed E-state index contributed by atoms with van der Waals surface area (Å²) in [5.41, 5.74) is 1.25. The van der Waals surface area contributed by atoms with Gasteiger partial charge in [-0.15, -0.1) is 24.4 Å². The molecular weight excluding hydrogens is 186 g/mol. The summed E-state index contributed by atoms with van der Waals surface area (Å²) in [4.78, 5) is 0. The first-order valence-electron chi connectivity index (χ1n) is 3.98. The minimum absolute atomic E-state index is 0.152. The quantitative estimate of drug-likeness (QED) is 0.668. The molecule has 12 heavy (non-hydrogen) atoms. The van der Waals surface area contributed by atoms with Gasteiger partial charge in [0, 0.05) is 12.3 Å². The van der Waals surface area contributed by atoms with Gasteiger partial charge in [0.2, 0.25) is 0 Å². The number of nitrogens with one attached hydrogen (secondary N) is 1. The highest BCUT2D eigenvalue weighted by atomic mass is 32.2. The summed E-state index contributed by atoms with van der Waals surface area (Å²) in [5.74, 6) is 1.14. The van der Waals surface area contributed by atoms with Crippen LogP contribution in [0.25, 0.3) is 0 Å². The fourth-order valence-electron chi connectivity index (χ4n) is 1.32. The van der Waals surface area contributed by atoms with Gasteiger partial charge < -0.3 is 0 Å². The predicted octanol–water partition coefficient (Wildman–Crippen LogP) is 2.06. The zero-order valence-corrected chi connectivity index (χ0v) is 8.37. The van der Waals surface area contributed by atoms with Gasteiger partial charge in [0.25, 0.3) is 0 Å². The molecule has 1 fully saturated rings. The van der Waals surface area contributed by atoms with E-state index in [9.17, 15) is 0 Å². The van der Waals surface area contributed by atoms with Crippen LogP contribution in [0.2, 0.25) is 0 Å². The van der Waals surface area contributed by atoms with E-state index in [4.69, 9.17) is 0 Å². The number of thiol groups is 1. The minimum atomic E-state index is -0.152. The molecule has 0 radical (unpaired) electrons. The summed E-state index contributed by atoms with van der Waals surface area (Å²) in [7, 11) is 0.